The van der Waals surface area contributed by atoms with Crippen LogP contribution in [-0.4, -0.2) is 44.6 Å². The number of carbonyl (C=O) groups is 1. The van der Waals surface area contributed by atoms with Crippen LogP contribution < -0.4 is 15.8 Å². The summed E-state index contributed by atoms with van der Waals surface area (Å²) < 4.78 is 5.60. The van der Waals surface area contributed by atoms with E-state index in [1.807, 2.05) is 31.1 Å². The van der Waals surface area contributed by atoms with Crippen LogP contribution in [0.3, 0.4) is 0 Å². The smallest absolute Gasteiger partial charge is 0.244 e. The van der Waals surface area contributed by atoms with Crippen molar-refractivity contribution >= 4 is 17.7 Å². The van der Waals surface area contributed by atoms with E-state index in [-0.39, 0.29) is 5.91 Å². The third-order valence-corrected chi connectivity index (χ3v) is 2.68. The predicted molar refractivity (Wildman–Crippen MR) is 87.1 cm³/mol. The van der Waals surface area contributed by atoms with Gasteiger partial charge in [-0.2, -0.15) is 0 Å². The standard InChI is InChI=1S/C16H23N3O2/c1-4-9-18-16(20)8-6-13-5-7-15(14(17)12-13)21-11-10-19(2)3/h4-8,12H,1,9-11,17H2,2-3H3,(H,18,20)/b8-6-. The molecule has 5 heteroatoms. The highest BCUT2D eigenvalue weighted by atomic mass is 16.5. The van der Waals surface area contributed by atoms with E-state index in [2.05, 4.69) is 11.9 Å². The molecule has 3 N–H and O–H groups in total. The molecule has 0 aliphatic heterocycles. The highest BCUT2D eigenvalue weighted by Crippen LogP contribution is 2.23. The van der Waals surface area contributed by atoms with Gasteiger partial charge >= 0.3 is 0 Å². The number of anilines is 1. The number of hydrogen-bond acceptors (Lipinski definition) is 4. The van der Waals surface area contributed by atoms with Crippen LogP contribution in [0, 0.1) is 0 Å². The molecule has 0 spiro atoms. The van der Waals surface area contributed by atoms with Crippen molar-refractivity contribution < 1.29 is 9.53 Å². The van der Waals surface area contributed by atoms with Crippen molar-refractivity contribution in [2.24, 2.45) is 0 Å². The number of rotatable bonds is 8. The summed E-state index contributed by atoms with van der Waals surface area (Å²) >= 11 is 0. The van der Waals surface area contributed by atoms with Crippen molar-refractivity contribution in [2.45, 2.75) is 0 Å². The van der Waals surface area contributed by atoms with Crippen LogP contribution in [0.2, 0.25) is 0 Å². The number of nitrogens with one attached hydrogen (secondary N) is 1. The Hall–Kier alpha value is -2.27. The molecular formula is C16H23N3O2. The minimum Gasteiger partial charge on any atom is -0.490 e. The maximum atomic E-state index is 11.4. The van der Waals surface area contributed by atoms with Gasteiger partial charge in [-0.1, -0.05) is 12.1 Å². The summed E-state index contributed by atoms with van der Waals surface area (Å²) in [4.78, 5) is 13.5. The Bertz CT molecular complexity index is 510. The molecular weight excluding hydrogens is 266 g/mol. The minimum absolute atomic E-state index is 0.167. The molecule has 114 valence electrons. The molecule has 1 amide bonds. The van der Waals surface area contributed by atoms with Crippen LogP contribution >= 0.6 is 0 Å². The maximum absolute atomic E-state index is 11.4. The molecule has 0 radical (unpaired) electrons. The summed E-state index contributed by atoms with van der Waals surface area (Å²) in [6.07, 6.45) is 4.80. The first kappa shape index (κ1) is 16.8. The first-order valence-electron chi connectivity index (χ1n) is 6.77. The van der Waals surface area contributed by atoms with Gasteiger partial charge in [0.2, 0.25) is 5.91 Å². The van der Waals surface area contributed by atoms with Crippen LogP contribution in [0.25, 0.3) is 6.08 Å². The number of benzene rings is 1. The number of hydrogen-bond donors (Lipinski definition) is 2. The molecule has 0 unspecified atom stereocenters. The zero-order valence-corrected chi connectivity index (χ0v) is 12.6. The lowest BCUT2D eigenvalue weighted by atomic mass is 10.1. The molecule has 0 heterocycles. The fourth-order valence-electron chi connectivity index (χ4n) is 1.54. The van der Waals surface area contributed by atoms with Crippen molar-refractivity contribution in [2.75, 3.05) is 39.5 Å². The van der Waals surface area contributed by atoms with Gasteiger partial charge in [-0.25, -0.2) is 0 Å². The lowest BCUT2D eigenvalue weighted by Crippen LogP contribution is -2.20. The zero-order chi connectivity index (χ0) is 15.7. The third-order valence-electron chi connectivity index (χ3n) is 2.68. The molecule has 21 heavy (non-hydrogen) atoms. The van der Waals surface area contributed by atoms with Gasteiger partial charge in [0.25, 0.3) is 0 Å². The number of likely N-dealkylation sites (N-methyl/N-ethyl adjacent to an activating group) is 1. The molecule has 0 saturated heterocycles. The second kappa shape index (κ2) is 8.81. The summed E-state index contributed by atoms with van der Waals surface area (Å²) in [5, 5.41) is 2.66. The van der Waals surface area contributed by atoms with Crippen molar-refractivity contribution in [1.82, 2.24) is 10.2 Å². The fourth-order valence-corrected chi connectivity index (χ4v) is 1.54. The second-order valence-electron chi connectivity index (χ2n) is 4.82. The van der Waals surface area contributed by atoms with Crippen LogP contribution in [0.5, 0.6) is 5.75 Å². The van der Waals surface area contributed by atoms with E-state index in [4.69, 9.17) is 10.5 Å². The molecule has 0 atom stereocenters. The van der Waals surface area contributed by atoms with E-state index in [9.17, 15) is 4.79 Å². The van der Waals surface area contributed by atoms with Crippen molar-refractivity contribution in [3.05, 3.63) is 42.5 Å². The first-order chi connectivity index (χ1) is 10.0. The Labute approximate surface area is 126 Å². The highest BCUT2D eigenvalue weighted by Gasteiger charge is 2.01. The molecule has 0 bridgehead atoms. The van der Waals surface area contributed by atoms with Gasteiger partial charge in [-0.15, -0.1) is 6.58 Å². The van der Waals surface area contributed by atoms with Crippen LogP contribution in [-0.2, 0) is 4.79 Å². The average molecular weight is 289 g/mol. The molecule has 0 fully saturated rings. The van der Waals surface area contributed by atoms with Crippen molar-refractivity contribution in [3.63, 3.8) is 0 Å². The van der Waals surface area contributed by atoms with Gasteiger partial charge < -0.3 is 20.7 Å². The van der Waals surface area contributed by atoms with Gasteiger partial charge in [-0.3, -0.25) is 4.79 Å². The van der Waals surface area contributed by atoms with Crippen LogP contribution in [0.1, 0.15) is 5.56 Å². The quantitative estimate of drug-likeness (QED) is 0.432. The zero-order valence-electron chi connectivity index (χ0n) is 12.6. The SMILES string of the molecule is C=CCNC(=O)/C=C\c1ccc(OCCN(C)C)c(N)c1. The predicted octanol–water partition coefficient (Wildman–Crippen LogP) is 1.52. The third kappa shape index (κ3) is 6.63. The molecule has 1 aromatic rings. The van der Waals surface area contributed by atoms with E-state index in [1.54, 1.807) is 18.2 Å². The summed E-state index contributed by atoms with van der Waals surface area (Å²) in [6, 6.07) is 5.45. The van der Waals surface area contributed by atoms with Gasteiger partial charge in [0.1, 0.15) is 12.4 Å². The monoisotopic (exact) mass is 289 g/mol. The molecule has 0 aliphatic rings. The Kier molecular flexibility index (Phi) is 7.04. The molecule has 0 saturated carbocycles. The number of nitrogen functional groups attached to an aromatic ring is 1. The normalized spacial score (nSPS) is 10.8. The van der Waals surface area contributed by atoms with Gasteiger partial charge in [-0.05, 0) is 37.9 Å². The van der Waals surface area contributed by atoms with Crippen LogP contribution in [0.4, 0.5) is 5.69 Å². The first-order valence-corrected chi connectivity index (χ1v) is 6.77. The maximum Gasteiger partial charge on any atom is 0.244 e. The Morgan fingerprint density at radius 2 is 2.24 bits per heavy atom. The topological polar surface area (TPSA) is 67.6 Å². The molecule has 0 aliphatic carbocycles. The van der Waals surface area contributed by atoms with E-state index >= 15 is 0 Å². The van der Waals surface area contributed by atoms with Gasteiger partial charge in [0.05, 0.1) is 5.69 Å². The van der Waals surface area contributed by atoms with Crippen molar-refractivity contribution in [3.8, 4) is 5.75 Å². The molecule has 1 aromatic carbocycles. The summed E-state index contributed by atoms with van der Waals surface area (Å²) in [7, 11) is 3.97. The largest absolute Gasteiger partial charge is 0.490 e. The average Bonchev–Trinajstić information content (AvgIpc) is 2.44. The van der Waals surface area contributed by atoms with Crippen molar-refractivity contribution in [1.29, 1.82) is 0 Å². The van der Waals surface area contributed by atoms with Crippen LogP contribution in [0.15, 0.2) is 36.9 Å². The highest BCUT2D eigenvalue weighted by molar-refractivity contribution is 5.91. The molecule has 1 rings (SSSR count). The van der Waals surface area contributed by atoms with Gasteiger partial charge in [0, 0.05) is 19.2 Å². The Morgan fingerprint density at radius 1 is 1.48 bits per heavy atom. The number of carbonyl (C=O) groups excluding carboxylic acids is 1. The summed E-state index contributed by atoms with van der Waals surface area (Å²) in [5.74, 6) is 0.491. The lowest BCUT2D eigenvalue weighted by Gasteiger charge is -2.12. The number of nitrogens with two attached hydrogens (primary N) is 1. The fraction of sp³-hybridized carbons (Fsp3) is 0.312. The number of nitrogens with zero attached hydrogens (tertiary/aromatic N) is 1. The van der Waals surface area contributed by atoms with E-state index < -0.39 is 0 Å². The van der Waals surface area contributed by atoms with Gasteiger partial charge in [0.15, 0.2) is 0 Å². The Morgan fingerprint density at radius 3 is 2.86 bits per heavy atom. The number of amides is 1. The number of ether oxygens (including phenoxy) is 1. The summed E-state index contributed by atoms with van der Waals surface area (Å²) in [5.41, 5.74) is 7.34. The Balaban J connectivity index is 2.58. The summed E-state index contributed by atoms with van der Waals surface area (Å²) in [6.45, 7) is 5.39. The molecule has 0 aromatic heterocycles. The minimum atomic E-state index is -0.167. The lowest BCUT2D eigenvalue weighted by molar-refractivity contribution is -0.116. The second-order valence-corrected chi connectivity index (χ2v) is 4.82. The van der Waals surface area contributed by atoms with E-state index in [0.717, 1.165) is 12.1 Å². The van der Waals surface area contributed by atoms with E-state index in [1.165, 1.54) is 6.08 Å². The molecule has 5 nitrogen and oxygen atoms in total. The van der Waals surface area contributed by atoms with E-state index in [0.29, 0.717) is 24.6 Å².